The van der Waals surface area contributed by atoms with Crippen molar-refractivity contribution in [3.8, 4) is 0 Å². The Bertz CT molecular complexity index is 242. The van der Waals surface area contributed by atoms with Crippen LogP contribution in [0, 0.1) is 5.92 Å². The van der Waals surface area contributed by atoms with E-state index in [0.29, 0.717) is 12.1 Å². The van der Waals surface area contributed by atoms with Crippen molar-refractivity contribution in [3.05, 3.63) is 0 Å². The van der Waals surface area contributed by atoms with Crippen molar-refractivity contribution in [2.24, 2.45) is 11.1 Å². The van der Waals surface area contributed by atoms with E-state index in [1.807, 2.05) is 0 Å². The van der Waals surface area contributed by atoms with Crippen molar-refractivity contribution < 1.29 is 4.84 Å². The molecule has 0 aromatic carbocycles. The van der Waals surface area contributed by atoms with Crippen LogP contribution in [0.3, 0.4) is 0 Å². The highest BCUT2D eigenvalue weighted by Gasteiger charge is 2.31. The minimum atomic E-state index is 0.374. The molecule has 0 saturated carbocycles. The summed E-state index contributed by atoms with van der Waals surface area (Å²) in [4.78, 5) is 8.02. The van der Waals surface area contributed by atoms with Gasteiger partial charge in [0, 0.05) is 18.4 Å². The third kappa shape index (κ3) is 2.51. The van der Waals surface area contributed by atoms with Gasteiger partial charge in [0.15, 0.2) is 0 Å². The SMILES string of the molecule is CC1=NOC(C2CCN(C(C)C)CC2)C1. The zero-order valence-corrected chi connectivity index (χ0v) is 10.1. The normalized spacial score (nSPS) is 29.3. The average molecular weight is 210 g/mol. The van der Waals surface area contributed by atoms with Crippen LogP contribution in [0.2, 0.25) is 0 Å². The van der Waals surface area contributed by atoms with Crippen LogP contribution in [0.25, 0.3) is 0 Å². The molecule has 0 N–H and O–H groups in total. The standard InChI is InChI=1S/C12H22N2O/c1-9(2)14-6-4-11(5-7-14)12-8-10(3)13-15-12/h9,11-12H,4-8H2,1-3H3. The maximum absolute atomic E-state index is 5.47. The molecule has 0 aromatic rings. The summed E-state index contributed by atoms with van der Waals surface area (Å²) in [7, 11) is 0. The zero-order valence-electron chi connectivity index (χ0n) is 10.1. The minimum absolute atomic E-state index is 0.374. The van der Waals surface area contributed by atoms with Crippen molar-refractivity contribution in [2.45, 2.75) is 52.2 Å². The molecule has 1 unspecified atom stereocenters. The number of nitrogens with zero attached hydrogens (tertiary/aromatic N) is 2. The number of hydrogen-bond acceptors (Lipinski definition) is 3. The van der Waals surface area contributed by atoms with E-state index in [9.17, 15) is 0 Å². The van der Waals surface area contributed by atoms with Crippen molar-refractivity contribution in [1.82, 2.24) is 4.90 Å². The summed E-state index contributed by atoms with van der Waals surface area (Å²) in [6.07, 6.45) is 3.96. The maximum Gasteiger partial charge on any atom is 0.135 e. The van der Waals surface area contributed by atoms with E-state index < -0.39 is 0 Å². The van der Waals surface area contributed by atoms with Gasteiger partial charge in [-0.25, -0.2) is 0 Å². The number of hydrogen-bond donors (Lipinski definition) is 0. The predicted molar refractivity (Wildman–Crippen MR) is 62.0 cm³/mol. The lowest BCUT2D eigenvalue weighted by Gasteiger charge is -2.35. The quantitative estimate of drug-likeness (QED) is 0.698. The molecule has 1 saturated heterocycles. The molecule has 0 aliphatic carbocycles. The minimum Gasteiger partial charge on any atom is -0.392 e. The van der Waals surface area contributed by atoms with Crippen LogP contribution >= 0.6 is 0 Å². The van der Waals surface area contributed by atoms with Gasteiger partial charge in [-0.15, -0.1) is 0 Å². The number of rotatable bonds is 2. The third-order valence-corrected chi connectivity index (χ3v) is 3.67. The van der Waals surface area contributed by atoms with Crippen molar-refractivity contribution in [3.63, 3.8) is 0 Å². The molecule has 86 valence electrons. The molecule has 1 atom stereocenters. The van der Waals surface area contributed by atoms with Gasteiger partial charge in [0.1, 0.15) is 6.10 Å². The second-order valence-electron chi connectivity index (χ2n) is 5.14. The monoisotopic (exact) mass is 210 g/mol. The summed E-state index contributed by atoms with van der Waals surface area (Å²) >= 11 is 0. The topological polar surface area (TPSA) is 24.8 Å². The average Bonchev–Trinajstić information content (AvgIpc) is 2.65. The van der Waals surface area contributed by atoms with Crippen LogP contribution in [0.15, 0.2) is 5.16 Å². The van der Waals surface area contributed by atoms with E-state index in [4.69, 9.17) is 4.84 Å². The summed E-state index contributed by atoms with van der Waals surface area (Å²) in [5, 5.41) is 4.05. The molecule has 0 amide bonds. The third-order valence-electron chi connectivity index (χ3n) is 3.67. The molecular formula is C12H22N2O. The second-order valence-corrected chi connectivity index (χ2v) is 5.14. The van der Waals surface area contributed by atoms with Gasteiger partial charge in [0.05, 0.1) is 5.71 Å². The lowest BCUT2D eigenvalue weighted by Crippen LogP contribution is -2.41. The zero-order chi connectivity index (χ0) is 10.8. The smallest absolute Gasteiger partial charge is 0.135 e. The first-order valence-corrected chi connectivity index (χ1v) is 6.10. The number of piperidine rings is 1. The van der Waals surface area contributed by atoms with E-state index in [1.54, 1.807) is 0 Å². The first-order chi connectivity index (χ1) is 7.16. The molecule has 0 bridgehead atoms. The number of likely N-dealkylation sites (tertiary alicyclic amines) is 1. The highest BCUT2D eigenvalue weighted by Crippen LogP contribution is 2.28. The van der Waals surface area contributed by atoms with Crippen LogP contribution in [0.1, 0.15) is 40.0 Å². The van der Waals surface area contributed by atoms with E-state index >= 15 is 0 Å². The van der Waals surface area contributed by atoms with Crippen LogP contribution < -0.4 is 0 Å². The van der Waals surface area contributed by atoms with Crippen LogP contribution in [0.4, 0.5) is 0 Å². The molecule has 2 aliphatic rings. The second kappa shape index (κ2) is 4.52. The fourth-order valence-electron chi connectivity index (χ4n) is 2.58. The first kappa shape index (κ1) is 10.9. The van der Waals surface area contributed by atoms with Crippen LogP contribution in [-0.2, 0) is 4.84 Å². The van der Waals surface area contributed by atoms with Gasteiger partial charge in [0.25, 0.3) is 0 Å². The van der Waals surface area contributed by atoms with E-state index in [2.05, 4.69) is 30.8 Å². The molecule has 0 aromatic heterocycles. The summed E-state index contributed by atoms with van der Waals surface area (Å²) in [6, 6.07) is 0.688. The van der Waals surface area contributed by atoms with Gasteiger partial charge >= 0.3 is 0 Å². The Labute approximate surface area is 92.5 Å². The Balaban J connectivity index is 1.79. The van der Waals surface area contributed by atoms with E-state index in [1.165, 1.54) is 25.9 Å². The molecule has 0 spiro atoms. The fourth-order valence-corrected chi connectivity index (χ4v) is 2.58. The summed E-state index contributed by atoms with van der Waals surface area (Å²) in [6.45, 7) is 9.06. The summed E-state index contributed by atoms with van der Waals surface area (Å²) in [5.41, 5.74) is 1.16. The van der Waals surface area contributed by atoms with Gasteiger partial charge in [-0.3, -0.25) is 0 Å². The van der Waals surface area contributed by atoms with Gasteiger partial charge in [-0.1, -0.05) is 5.16 Å². The highest BCUT2D eigenvalue weighted by atomic mass is 16.6. The Morgan fingerprint density at radius 3 is 2.47 bits per heavy atom. The van der Waals surface area contributed by atoms with E-state index in [0.717, 1.165) is 18.1 Å². The molecule has 3 heteroatoms. The molecule has 2 heterocycles. The Morgan fingerprint density at radius 1 is 1.33 bits per heavy atom. The molecule has 3 nitrogen and oxygen atoms in total. The molecule has 1 fully saturated rings. The van der Waals surface area contributed by atoms with E-state index in [-0.39, 0.29) is 0 Å². The van der Waals surface area contributed by atoms with Crippen molar-refractivity contribution >= 4 is 5.71 Å². The van der Waals surface area contributed by atoms with Gasteiger partial charge < -0.3 is 9.74 Å². The Kier molecular flexibility index (Phi) is 3.29. The van der Waals surface area contributed by atoms with Gasteiger partial charge in [-0.2, -0.15) is 0 Å². The summed E-state index contributed by atoms with van der Waals surface area (Å²) < 4.78 is 0. The van der Waals surface area contributed by atoms with Crippen molar-refractivity contribution in [1.29, 1.82) is 0 Å². The molecular weight excluding hydrogens is 188 g/mol. The lowest BCUT2D eigenvalue weighted by atomic mass is 9.88. The van der Waals surface area contributed by atoms with Crippen molar-refractivity contribution in [2.75, 3.05) is 13.1 Å². The highest BCUT2D eigenvalue weighted by molar-refractivity contribution is 5.82. The number of oxime groups is 1. The summed E-state index contributed by atoms with van der Waals surface area (Å²) in [5.74, 6) is 0.723. The molecule has 0 radical (unpaired) electrons. The lowest BCUT2D eigenvalue weighted by molar-refractivity contribution is 0.00943. The largest absolute Gasteiger partial charge is 0.392 e. The van der Waals surface area contributed by atoms with Crippen LogP contribution in [0.5, 0.6) is 0 Å². The molecule has 2 aliphatic heterocycles. The Morgan fingerprint density at radius 2 is 2.00 bits per heavy atom. The van der Waals surface area contributed by atoms with Gasteiger partial charge in [0.2, 0.25) is 0 Å². The fraction of sp³-hybridized carbons (Fsp3) is 0.917. The maximum atomic E-state index is 5.47. The Hall–Kier alpha value is -0.570. The molecule has 2 rings (SSSR count). The van der Waals surface area contributed by atoms with Gasteiger partial charge in [-0.05, 0) is 46.7 Å². The van der Waals surface area contributed by atoms with Crippen LogP contribution in [-0.4, -0.2) is 35.8 Å². The molecule has 15 heavy (non-hydrogen) atoms. The predicted octanol–water partition coefficient (Wildman–Crippen LogP) is 2.27. The first-order valence-electron chi connectivity index (χ1n) is 6.10.